The Kier molecular flexibility index (Phi) is 6.45. The van der Waals surface area contributed by atoms with Crippen LogP contribution in [0, 0.1) is 0 Å². The van der Waals surface area contributed by atoms with Crippen molar-refractivity contribution in [3.63, 3.8) is 0 Å². The largest absolute Gasteiger partial charge is 0.487 e. The van der Waals surface area contributed by atoms with Crippen LogP contribution < -0.4 is 10.1 Å². The summed E-state index contributed by atoms with van der Waals surface area (Å²) in [6.07, 6.45) is 3.04. The van der Waals surface area contributed by atoms with Gasteiger partial charge in [0.25, 0.3) is 0 Å². The van der Waals surface area contributed by atoms with E-state index in [0.29, 0.717) is 44.1 Å². The average molecular weight is 467 g/mol. The van der Waals surface area contributed by atoms with E-state index in [1.165, 1.54) is 0 Å². The molecule has 1 saturated heterocycles. The summed E-state index contributed by atoms with van der Waals surface area (Å²) < 4.78 is 12.4. The van der Waals surface area contributed by atoms with E-state index < -0.39 is 5.41 Å². The molecule has 2 aromatic carbocycles. The van der Waals surface area contributed by atoms with Crippen LogP contribution in [0.3, 0.4) is 0 Å². The van der Waals surface area contributed by atoms with E-state index in [2.05, 4.69) is 26.2 Å². The number of carbonyl (C=O) groups is 1. The van der Waals surface area contributed by atoms with Gasteiger partial charge in [-0.1, -0.05) is 40.2 Å². The van der Waals surface area contributed by atoms with Crippen molar-refractivity contribution in [1.29, 1.82) is 0 Å². The minimum atomic E-state index is -0.607. The Hall–Kier alpha value is -2.70. The summed E-state index contributed by atoms with van der Waals surface area (Å²) in [5.74, 6) is 0.665. The van der Waals surface area contributed by atoms with Gasteiger partial charge in [-0.25, -0.2) is 0 Å². The molecule has 1 aromatic heterocycles. The number of hydrogen-bond acceptors (Lipinski definition) is 4. The molecule has 2 heterocycles. The second kappa shape index (κ2) is 9.41. The maximum atomic E-state index is 13.4. The van der Waals surface area contributed by atoms with Crippen molar-refractivity contribution in [2.24, 2.45) is 0 Å². The number of rotatable bonds is 6. The lowest BCUT2D eigenvalue weighted by Gasteiger charge is -2.36. The highest BCUT2D eigenvalue weighted by atomic mass is 79.9. The van der Waals surface area contributed by atoms with Gasteiger partial charge in [-0.3, -0.25) is 9.78 Å². The molecule has 0 unspecified atom stereocenters. The molecule has 1 aliphatic heterocycles. The van der Waals surface area contributed by atoms with Crippen LogP contribution in [0.1, 0.15) is 24.1 Å². The van der Waals surface area contributed by atoms with E-state index >= 15 is 0 Å². The lowest BCUT2D eigenvalue weighted by molar-refractivity contribution is -0.125. The third-order valence-corrected chi connectivity index (χ3v) is 5.91. The second-order valence-corrected chi connectivity index (χ2v) is 8.21. The van der Waals surface area contributed by atoms with Crippen LogP contribution in [0.5, 0.6) is 5.75 Å². The number of hydrogen-bond donors (Lipinski definition) is 1. The Bertz CT molecular complexity index is 987. The van der Waals surface area contributed by atoms with E-state index in [1.54, 1.807) is 6.20 Å². The van der Waals surface area contributed by atoms with Crippen molar-refractivity contribution in [2.45, 2.75) is 24.9 Å². The monoisotopic (exact) mass is 466 g/mol. The van der Waals surface area contributed by atoms with Gasteiger partial charge in [0.1, 0.15) is 12.4 Å². The van der Waals surface area contributed by atoms with Crippen LogP contribution in [0.25, 0.3) is 0 Å². The summed E-state index contributed by atoms with van der Waals surface area (Å²) in [6, 6.07) is 21.2. The molecule has 0 bridgehead atoms. The highest BCUT2D eigenvalue weighted by Gasteiger charge is 2.41. The van der Waals surface area contributed by atoms with Crippen LogP contribution in [-0.4, -0.2) is 24.1 Å². The Labute approximate surface area is 184 Å². The minimum absolute atomic E-state index is 0.0185. The Morgan fingerprint density at radius 2 is 1.87 bits per heavy atom. The molecular formula is C24H23BrN2O3. The molecule has 154 valence electrons. The number of aromatic nitrogens is 1. The number of amides is 1. The molecule has 0 aliphatic carbocycles. The molecule has 0 spiro atoms. The highest BCUT2D eigenvalue weighted by Crippen LogP contribution is 2.37. The van der Waals surface area contributed by atoms with Gasteiger partial charge in [-0.2, -0.15) is 0 Å². The first-order valence-corrected chi connectivity index (χ1v) is 10.7. The zero-order chi connectivity index (χ0) is 20.8. The van der Waals surface area contributed by atoms with Crippen LogP contribution in [-0.2, 0) is 21.6 Å². The topological polar surface area (TPSA) is 60.5 Å². The number of halogens is 1. The van der Waals surface area contributed by atoms with Gasteiger partial charge in [-0.15, -0.1) is 0 Å². The van der Waals surface area contributed by atoms with Gasteiger partial charge in [0.05, 0.1) is 11.1 Å². The van der Waals surface area contributed by atoms with Crippen LogP contribution in [0.15, 0.2) is 77.4 Å². The number of ether oxygens (including phenoxy) is 2. The highest BCUT2D eigenvalue weighted by molar-refractivity contribution is 9.10. The first-order chi connectivity index (χ1) is 14.7. The molecule has 4 rings (SSSR count). The molecule has 3 aromatic rings. The molecule has 1 N–H and O–H groups in total. The fourth-order valence-corrected chi connectivity index (χ4v) is 3.96. The summed E-state index contributed by atoms with van der Waals surface area (Å²) in [6.45, 7) is 1.51. The lowest BCUT2D eigenvalue weighted by Crippen LogP contribution is -2.44. The third-order valence-electron chi connectivity index (χ3n) is 5.38. The zero-order valence-electron chi connectivity index (χ0n) is 16.5. The average Bonchev–Trinajstić information content (AvgIpc) is 2.79. The Morgan fingerprint density at radius 1 is 1.07 bits per heavy atom. The maximum Gasteiger partial charge on any atom is 0.235 e. The molecule has 5 nitrogen and oxygen atoms in total. The standard InChI is InChI=1S/C24H23BrN2O3/c25-19-9-7-18(8-10-19)24(11-14-29-15-12-24)23(28)27-20-5-3-6-22(16-20)30-17-21-4-1-2-13-26-21/h1-10,13,16H,11-12,14-15,17H2,(H,27,28). The summed E-state index contributed by atoms with van der Waals surface area (Å²) in [5, 5.41) is 3.10. The Morgan fingerprint density at radius 3 is 2.60 bits per heavy atom. The van der Waals surface area contributed by atoms with Crippen molar-refractivity contribution >= 4 is 27.5 Å². The molecule has 6 heteroatoms. The zero-order valence-corrected chi connectivity index (χ0v) is 18.1. The molecule has 0 radical (unpaired) electrons. The van der Waals surface area contributed by atoms with Gasteiger partial charge in [0.15, 0.2) is 0 Å². The Balaban J connectivity index is 1.50. The number of anilines is 1. The second-order valence-electron chi connectivity index (χ2n) is 7.29. The van der Waals surface area contributed by atoms with E-state index in [1.807, 2.05) is 66.7 Å². The number of nitrogens with zero attached hydrogens (tertiary/aromatic N) is 1. The van der Waals surface area contributed by atoms with Crippen molar-refractivity contribution < 1.29 is 14.3 Å². The molecular weight excluding hydrogens is 444 g/mol. The minimum Gasteiger partial charge on any atom is -0.487 e. The van der Waals surface area contributed by atoms with Crippen LogP contribution in [0.4, 0.5) is 5.69 Å². The van der Waals surface area contributed by atoms with Crippen molar-refractivity contribution in [3.05, 3.63) is 88.7 Å². The number of carbonyl (C=O) groups excluding carboxylic acids is 1. The number of benzene rings is 2. The predicted octanol–water partition coefficient (Wildman–Crippen LogP) is 5.11. The first-order valence-electron chi connectivity index (χ1n) is 9.94. The predicted molar refractivity (Wildman–Crippen MR) is 120 cm³/mol. The molecule has 0 atom stereocenters. The smallest absolute Gasteiger partial charge is 0.235 e. The summed E-state index contributed by atoms with van der Waals surface area (Å²) >= 11 is 3.47. The quantitative estimate of drug-likeness (QED) is 0.548. The summed E-state index contributed by atoms with van der Waals surface area (Å²) in [4.78, 5) is 17.7. The van der Waals surface area contributed by atoms with E-state index in [4.69, 9.17) is 9.47 Å². The number of nitrogens with one attached hydrogen (secondary N) is 1. The van der Waals surface area contributed by atoms with E-state index in [-0.39, 0.29) is 5.91 Å². The van der Waals surface area contributed by atoms with Gasteiger partial charge < -0.3 is 14.8 Å². The van der Waals surface area contributed by atoms with E-state index in [9.17, 15) is 4.79 Å². The number of pyridine rings is 1. The SMILES string of the molecule is O=C(Nc1cccc(OCc2ccccn2)c1)C1(c2ccc(Br)cc2)CCOCC1. The molecule has 30 heavy (non-hydrogen) atoms. The third kappa shape index (κ3) is 4.71. The van der Waals surface area contributed by atoms with Gasteiger partial charge in [0, 0.05) is 35.6 Å². The molecule has 0 saturated carbocycles. The van der Waals surface area contributed by atoms with Gasteiger partial charge >= 0.3 is 0 Å². The van der Waals surface area contributed by atoms with Crippen molar-refractivity contribution in [3.8, 4) is 5.75 Å². The van der Waals surface area contributed by atoms with Gasteiger partial charge in [0.2, 0.25) is 5.91 Å². The fraction of sp³-hybridized carbons (Fsp3) is 0.250. The van der Waals surface area contributed by atoms with Crippen LogP contribution in [0.2, 0.25) is 0 Å². The maximum absolute atomic E-state index is 13.4. The lowest BCUT2D eigenvalue weighted by atomic mass is 9.73. The normalized spacial score (nSPS) is 15.4. The van der Waals surface area contributed by atoms with Gasteiger partial charge in [-0.05, 0) is 54.8 Å². The summed E-state index contributed by atoms with van der Waals surface area (Å²) in [5.41, 5.74) is 1.96. The van der Waals surface area contributed by atoms with Crippen LogP contribution >= 0.6 is 15.9 Å². The molecule has 1 aliphatic rings. The summed E-state index contributed by atoms with van der Waals surface area (Å²) in [7, 11) is 0. The van der Waals surface area contributed by atoms with Crippen molar-refractivity contribution in [1.82, 2.24) is 4.98 Å². The molecule has 1 fully saturated rings. The fourth-order valence-electron chi connectivity index (χ4n) is 3.69. The van der Waals surface area contributed by atoms with E-state index in [0.717, 1.165) is 15.7 Å². The molecule has 1 amide bonds. The first kappa shape index (κ1) is 20.6. The van der Waals surface area contributed by atoms with Crippen molar-refractivity contribution in [2.75, 3.05) is 18.5 Å².